The van der Waals surface area contributed by atoms with Crippen LogP contribution in [-0.4, -0.2) is 41.6 Å². The van der Waals surface area contributed by atoms with E-state index in [1.807, 2.05) is 0 Å². The van der Waals surface area contributed by atoms with Gasteiger partial charge in [0.25, 0.3) is 0 Å². The maximum atomic E-state index is 12.8. The Kier molecular flexibility index (Phi) is 39.4. The van der Waals surface area contributed by atoms with E-state index in [0.29, 0.717) is 32.2 Å². The zero-order chi connectivity index (χ0) is 38.9. The molecule has 0 spiro atoms. The lowest BCUT2D eigenvalue weighted by molar-refractivity contribution is -0.150. The predicted octanol–water partition coefficient (Wildman–Crippen LogP) is 12.8. The third-order valence-electron chi connectivity index (χ3n) is 10.3. The predicted molar refractivity (Wildman–Crippen MR) is 225 cm³/mol. The van der Waals surface area contributed by atoms with Gasteiger partial charge in [-0.15, -0.1) is 0 Å². The van der Waals surface area contributed by atoms with Gasteiger partial charge in [-0.05, 0) is 90.0 Å². The normalized spacial score (nSPS) is 12.8. The Morgan fingerprint density at radius 1 is 0.547 bits per heavy atom. The first-order valence-electron chi connectivity index (χ1n) is 22.7. The average Bonchev–Trinajstić information content (AvgIpc) is 3.14. The number of ether oxygens (including phenoxy) is 1. The van der Waals surface area contributed by atoms with E-state index in [1.54, 1.807) is 0 Å². The van der Waals surface area contributed by atoms with Crippen molar-refractivity contribution in [3.05, 3.63) is 24.3 Å². The Morgan fingerprint density at radius 2 is 0.981 bits per heavy atom. The first-order chi connectivity index (χ1) is 25.9. The van der Waals surface area contributed by atoms with E-state index in [-0.39, 0.29) is 18.0 Å². The third kappa shape index (κ3) is 37.9. The maximum Gasteiger partial charge on any atom is 0.326 e. The molecule has 1 amide bonds. The first-order valence-corrected chi connectivity index (χ1v) is 22.7. The number of hydrogen-bond donors (Lipinski definition) is 3. The van der Waals surface area contributed by atoms with Gasteiger partial charge in [-0.2, -0.15) is 0 Å². The fourth-order valence-corrected chi connectivity index (χ4v) is 6.83. The van der Waals surface area contributed by atoms with E-state index < -0.39 is 12.0 Å². The Bertz CT molecular complexity index is 889. The second-order valence-corrected chi connectivity index (χ2v) is 15.5. The Hall–Kier alpha value is -2.15. The summed E-state index contributed by atoms with van der Waals surface area (Å²) in [6.07, 6.45) is 46.5. The molecule has 0 aromatic rings. The van der Waals surface area contributed by atoms with Crippen molar-refractivity contribution in [1.82, 2.24) is 5.32 Å². The molecule has 7 heteroatoms. The van der Waals surface area contributed by atoms with Crippen LogP contribution < -0.4 is 11.1 Å². The van der Waals surface area contributed by atoms with Crippen molar-refractivity contribution in [3.8, 4) is 0 Å². The molecule has 0 aromatic carbocycles. The molecule has 0 fully saturated rings. The molecule has 0 saturated heterocycles. The van der Waals surface area contributed by atoms with E-state index in [9.17, 15) is 19.5 Å². The molecule has 2 atom stereocenters. The van der Waals surface area contributed by atoms with Crippen LogP contribution in [0.3, 0.4) is 0 Å². The number of unbranched alkanes of at least 4 members (excludes halogenated alkanes) is 23. The number of carboxylic acids is 1. The fraction of sp³-hybridized carbons (Fsp3) is 0.848. The highest BCUT2D eigenvalue weighted by atomic mass is 16.5. The number of nitrogens with one attached hydrogen (secondary N) is 1. The number of rotatable bonds is 41. The van der Waals surface area contributed by atoms with Crippen LogP contribution in [0.2, 0.25) is 0 Å². The number of allylic oxidation sites excluding steroid dienone is 4. The molecule has 0 aromatic heterocycles. The van der Waals surface area contributed by atoms with Gasteiger partial charge in [-0.3, -0.25) is 9.59 Å². The zero-order valence-electron chi connectivity index (χ0n) is 34.9. The second-order valence-electron chi connectivity index (χ2n) is 15.5. The summed E-state index contributed by atoms with van der Waals surface area (Å²) in [5.41, 5.74) is 5.49. The molecule has 0 aliphatic carbocycles. The van der Waals surface area contributed by atoms with Crippen LogP contribution in [0.25, 0.3) is 0 Å². The minimum Gasteiger partial charge on any atom is -0.480 e. The number of aliphatic carboxylic acids is 1. The van der Waals surface area contributed by atoms with Crippen molar-refractivity contribution < 1.29 is 24.2 Å². The Balaban J connectivity index is 4.25. The summed E-state index contributed by atoms with van der Waals surface area (Å²) in [4.78, 5) is 36.4. The Labute approximate surface area is 327 Å². The lowest BCUT2D eigenvalue weighted by Crippen LogP contribution is -2.40. The monoisotopic (exact) mass is 747 g/mol. The molecule has 0 aliphatic heterocycles. The van der Waals surface area contributed by atoms with Gasteiger partial charge in [-0.25, -0.2) is 4.79 Å². The molecule has 0 aliphatic rings. The first kappa shape index (κ1) is 50.9. The van der Waals surface area contributed by atoms with Crippen LogP contribution in [0.4, 0.5) is 0 Å². The lowest BCUT2D eigenvalue weighted by Gasteiger charge is -2.18. The topological polar surface area (TPSA) is 119 Å². The standard InChI is InChI=1S/C46H86N2O5/c1-3-5-7-9-11-13-15-16-17-18-19-20-21-23-25-30-34-40-45(50)53-42(36-31-27-24-22-14-12-10-8-6-4-2)37-32-28-26-29-33-39-44(49)48-43(46(51)52)38-35-41-47/h11,13,16-17,42-43H,3-10,12,14-15,18-41,47H2,1-2H3,(H,48,49)(H,51,52)/b13-11-,17-16-. The number of hydrogen-bond acceptors (Lipinski definition) is 5. The summed E-state index contributed by atoms with van der Waals surface area (Å²) in [5.74, 6) is -1.23. The van der Waals surface area contributed by atoms with Gasteiger partial charge in [0.05, 0.1) is 0 Å². The van der Waals surface area contributed by atoms with Gasteiger partial charge in [0.15, 0.2) is 0 Å². The van der Waals surface area contributed by atoms with Gasteiger partial charge in [0.2, 0.25) is 5.91 Å². The highest BCUT2D eigenvalue weighted by Crippen LogP contribution is 2.19. The number of nitrogens with two attached hydrogens (primary N) is 1. The SMILES string of the molecule is CCCCC/C=C\C/C=C\CCCCCCCCCC(=O)OC(CCCCCCCCCCCC)CCCCCCCC(=O)NC(CCCN)C(=O)O. The molecule has 310 valence electrons. The number of carboxylic acid groups (broad SMARTS) is 1. The summed E-state index contributed by atoms with van der Waals surface area (Å²) in [6, 6.07) is -0.855. The molecule has 0 radical (unpaired) electrons. The number of carbonyl (C=O) groups is 3. The van der Waals surface area contributed by atoms with Crippen LogP contribution in [-0.2, 0) is 19.1 Å². The summed E-state index contributed by atoms with van der Waals surface area (Å²) >= 11 is 0. The molecule has 2 unspecified atom stereocenters. The van der Waals surface area contributed by atoms with Gasteiger partial charge in [0, 0.05) is 12.8 Å². The van der Waals surface area contributed by atoms with Crippen molar-refractivity contribution in [2.45, 2.75) is 244 Å². The summed E-state index contributed by atoms with van der Waals surface area (Å²) in [6.45, 7) is 4.93. The molecule has 4 N–H and O–H groups in total. The maximum absolute atomic E-state index is 12.8. The van der Waals surface area contributed by atoms with Crippen LogP contribution in [0.1, 0.15) is 232 Å². The van der Waals surface area contributed by atoms with Crippen LogP contribution >= 0.6 is 0 Å². The number of carbonyl (C=O) groups excluding carboxylic acids is 2. The van der Waals surface area contributed by atoms with Crippen LogP contribution in [0, 0.1) is 0 Å². The van der Waals surface area contributed by atoms with Gasteiger partial charge in [0.1, 0.15) is 12.1 Å². The van der Waals surface area contributed by atoms with E-state index in [0.717, 1.165) is 70.6 Å². The van der Waals surface area contributed by atoms with Crippen molar-refractivity contribution in [3.63, 3.8) is 0 Å². The largest absolute Gasteiger partial charge is 0.480 e. The van der Waals surface area contributed by atoms with Gasteiger partial charge in [-0.1, -0.05) is 160 Å². The number of amides is 1. The molecule has 0 saturated carbocycles. The third-order valence-corrected chi connectivity index (χ3v) is 10.3. The van der Waals surface area contributed by atoms with Crippen molar-refractivity contribution in [2.75, 3.05) is 6.54 Å². The summed E-state index contributed by atoms with van der Waals surface area (Å²) < 4.78 is 6.05. The van der Waals surface area contributed by atoms with E-state index in [2.05, 4.69) is 43.5 Å². The zero-order valence-corrected chi connectivity index (χ0v) is 34.9. The molecule has 53 heavy (non-hydrogen) atoms. The molecule has 0 bridgehead atoms. The second kappa shape index (κ2) is 41.0. The molecule has 7 nitrogen and oxygen atoms in total. The molecule has 0 heterocycles. The highest BCUT2D eigenvalue weighted by molar-refractivity contribution is 5.83. The van der Waals surface area contributed by atoms with E-state index >= 15 is 0 Å². The highest BCUT2D eigenvalue weighted by Gasteiger charge is 2.19. The van der Waals surface area contributed by atoms with Crippen molar-refractivity contribution in [1.29, 1.82) is 0 Å². The van der Waals surface area contributed by atoms with Gasteiger partial charge < -0.3 is 20.9 Å². The van der Waals surface area contributed by atoms with E-state index in [1.165, 1.54) is 122 Å². The van der Waals surface area contributed by atoms with E-state index in [4.69, 9.17) is 10.5 Å². The summed E-state index contributed by atoms with van der Waals surface area (Å²) in [5, 5.41) is 11.9. The minimum absolute atomic E-state index is 0.0136. The molecular weight excluding hydrogens is 661 g/mol. The lowest BCUT2D eigenvalue weighted by atomic mass is 10.0. The smallest absolute Gasteiger partial charge is 0.326 e. The quantitative estimate of drug-likeness (QED) is 0.0325. The minimum atomic E-state index is -1.00. The molecular formula is C46H86N2O5. The summed E-state index contributed by atoms with van der Waals surface area (Å²) in [7, 11) is 0. The van der Waals surface area contributed by atoms with Crippen LogP contribution in [0.5, 0.6) is 0 Å². The number of esters is 1. The van der Waals surface area contributed by atoms with Crippen LogP contribution in [0.15, 0.2) is 24.3 Å². The van der Waals surface area contributed by atoms with Crippen molar-refractivity contribution in [2.24, 2.45) is 5.73 Å². The molecule has 0 rings (SSSR count). The fourth-order valence-electron chi connectivity index (χ4n) is 6.83. The van der Waals surface area contributed by atoms with Crippen molar-refractivity contribution >= 4 is 17.8 Å². The van der Waals surface area contributed by atoms with Gasteiger partial charge >= 0.3 is 11.9 Å². The Morgan fingerprint density at radius 3 is 1.49 bits per heavy atom. The average molecular weight is 747 g/mol.